The molecular weight excluding hydrogens is 528 g/mol. The number of methoxy groups -OCH3 is 1. The molecule has 1 atom stereocenters. The standard InChI is InChI=1S/C31H42N2O3.BrH/c1-9-12-21-18-33(29(32)23(21)15-20-13-10-11-14-27(20)36-8)19-26(34)22-16-24(30(2,3)4)28(35)25(17-22)31(5,6)7;/h10-11,13-17,21,32,35H,9,12,18-19H2,1-8H3;1H/b23-15-,32-29?;. The lowest BCUT2D eigenvalue weighted by Gasteiger charge is -2.28. The summed E-state index contributed by atoms with van der Waals surface area (Å²) < 4.78 is 5.52. The summed E-state index contributed by atoms with van der Waals surface area (Å²) in [5.74, 6) is 1.60. The van der Waals surface area contributed by atoms with Crippen molar-refractivity contribution in [2.24, 2.45) is 5.92 Å². The molecule has 0 amide bonds. The Hall–Kier alpha value is -2.60. The van der Waals surface area contributed by atoms with Crippen molar-refractivity contribution >= 4 is 34.7 Å². The van der Waals surface area contributed by atoms with Crippen LogP contribution in [0.5, 0.6) is 11.5 Å². The molecule has 1 heterocycles. The summed E-state index contributed by atoms with van der Waals surface area (Å²) >= 11 is 0. The number of carbonyl (C=O) groups is 1. The van der Waals surface area contributed by atoms with Crippen LogP contribution in [-0.2, 0) is 10.8 Å². The highest BCUT2D eigenvalue weighted by Gasteiger charge is 2.34. The molecule has 5 nitrogen and oxygen atoms in total. The third kappa shape index (κ3) is 6.84. The smallest absolute Gasteiger partial charge is 0.182 e. The summed E-state index contributed by atoms with van der Waals surface area (Å²) in [5, 5.41) is 20.0. The van der Waals surface area contributed by atoms with Gasteiger partial charge in [0.25, 0.3) is 0 Å². The zero-order valence-electron chi connectivity index (χ0n) is 23.6. The van der Waals surface area contributed by atoms with Crippen LogP contribution in [0, 0.1) is 11.3 Å². The van der Waals surface area contributed by atoms with Gasteiger partial charge in [-0.1, -0.05) is 73.1 Å². The number of phenols is 1. The summed E-state index contributed by atoms with van der Waals surface area (Å²) in [6.07, 6.45) is 4.00. The van der Waals surface area contributed by atoms with E-state index in [1.807, 2.05) is 88.9 Å². The lowest BCUT2D eigenvalue weighted by molar-refractivity contribution is 0.0963. The number of phenolic OH excluding ortho intramolecular Hbond substituents is 1. The Morgan fingerprint density at radius 1 is 1.11 bits per heavy atom. The van der Waals surface area contributed by atoms with Gasteiger partial charge in [0.05, 0.1) is 13.7 Å². The van der Waals surface area contributed by atoms with Crippen molar-refractivity contribution in [3.8, 4) is 11.5 Å². The molecule has 6 heteroatoms. The van der Waals surface area contributed by atoms with Gasteiger partial charge in [0.15, 0.2) is 5.78 Å². The quantitative estimate of drug-likeness (QED) is 0.337. The minimum atomic E-state index is -0.308. The van der Waals surface area contributed by atoms with Gasteiger partial charge in [0.2, 0.25) is 0 Å². The van der Waals surface area contributed by atoms with Crippen molar-refractivity contribution in [1.82, 2.24) is 4.90 Å². The molecule has 1 unspecified atom stereocenters. The van der Waals surface area contributed by atoms with Gasteiger partial charge in [-0.05, 0) is 47.1 Å². The Bertz CT molecular complexity index is 1140. The molecule has 0 aromatic heterocycles. The summed E-state index contributed by atoms with van der Waals surface area (Å²) in [7, 11) is 1.65. The Labute approximate surface area is 233 Å². The Balaban J connectivity index is 0.00000481. The average Bonchev–Trinajstić information content (AvgIpc) is 3.07. The van der Waals surface area contributed by atoms with E-state index in [1.165, 1.54) is 0 Å². The summed E-state index contributed by atoms with van der Waals surface area (Å²) in [5.41, 5.74) is 3.41. The molecule has 1 saturated heterocycles. The molecule has 2 aromatic carbocycles. The number of nitrogens with zero attached hydrogens (tertiary/aromatic N) is 1. The first kappa shape index (κ1) is 30.6. The van der Waals surface area contributed by atoms with E-state index < -0.39 is 0 Å². The number of amidine groups is 1. The van der Waals surface area contributed by atoms with Gasteiger partial charge in [-0.2, -0.15) is 0 Å². The van der Waals surface area contributed by atoms with Crippen molar-refractivity contribution in [2.75, 3.05) is 20.2 Å². The van der Waals surface area contributed by atoms with Gasteiger partial charge in [-0.15, -0.1) is 17.0 Å². The van der Waals surface area contributed by atoms with Crippen LogP contribution in [0.25, 0.3) is 6.08 Å². The van der Waals surface area contributed by atoms with Crippen LogP contribution in [0.1, 0.15) is 88.4 Å². The summed E-state index contributed by atoms with van der Waals surface area (Å²) in [4.78, 5) is 15.5. The van der Waals surface area contributed by atoms with Gasteiger partial charge >= 0.3 is 0 Å². The largest absolute Gasteiger partial charge is 0.507 e. The molecule has 1 aliphatic heterocycles. The number of likely N-dealkylation sites (tertiary alicyclic amines) is 1. The average molecular weight is 572 g/mol. The highest BCUT2D eigenvalue weighted by molar-refractivity contribution is 8.93. The monoisotopic (exact) mass is 570 g/mol. The molecule has 0 radical (unpaired) electrons. The fourth-order valence-corrected chi connectivity index (χ4v) is 4.91. The second kappa shape index (κ2) is 11.8. The third-order valence-corrected chi connectivity index (χ3v) is 6.94. The van der Waals surface area contributed by atoms with Crippen molar-refractivity contribution in [3.63, 3.8) is 0 Å². The van der Waals surface area contributed by atoms with E-state index in [9.17, 15) is 9.90 Å². The number of benzene rings is 2. The minimum Gasteiger partial charge on any atom is -0.507 e. The number of para-hydroxylation sites is 1. The van der Waals surface area contributed by atoms with Crippen LogP contribution in [0.15, 0.2) is 42.0 Å². The number of halogens is 1. The Kier molecular flexibility index (Phi) is 9.81. The SMILES string of the molecule is Br.CCCC1CN(CC(=O)c2cc(C(C)(C)C)c(O)c(C(C)(C)C)c2)C(=N)/C1=C\c1ccccc1OC. The fourth-order valence-electron chi connectivity index (χ4n) is 4.91. The van der Waals surface area contributed by atoms with Crippen LogP contribution in [0.4, 0.5) is 0 Å². The zero-order valence-corrected chi connectivity index (χ0v) is 25.3. The number of Topliss-reactive ketones (excluding diaryl/α,β-unsaturated/α-hetero) is 1. The number of carbonyl (C=O) groups excluding carboxylic acids is 1. The Morgan fingerprint density at radius 3 is 2.19 bits per heavy atom. The highest BCUT2D eigenvalue weighted by atomic mass is 79.9. The molecular formula is C31H43BrN2O3. The molecule has 202 valence electrons. The van der Waals surface area contributed by atoms with E-state index in [1.54, 1.807) is 7.11 Å². The highest BCUT2D eigenvalue weighted by Crippen LogP contribution is 2.40. The van der Waals surface area contributed by atoms with E-state index in [0.29, 0.717) is 17.9 Å². The summed E-state index contributed by atoms with van der Waals surface area (Å²) in [6, 6.07) is 11.5. The molecule has 0 spiro atoms. The number of nitrogens with one attached hydrogen (secondary N) is 1. The molecule has 3 rings (SSSR count). The van der Waals surface area contributed by atoms with Gasteiger partial charge in [0, 0.05) is 34.7 Å². The van der Waals surface area contributed by atoms with Gasteiger partial charge in [-0.3, -0.25) is 10.2 Å². The normalized spacial score (nSPS) is 17.2. The predicted molar refractivity (Wildman–Crippen MR) is 159 cm³/mol. The van der Waals surface area contributed by atoms with E-state index in [2.05, 4.69) is 6.92 Å². The molecule has 0 bridgehead atoms. The van der Waals surface area contributed by atoms with Crippen LogP contribution >= 0.6 is 17.0 Å². The van der Waals surface area contributed by atoms with Gasteiger partial charge in [-0.25, -0.2) is 0 Å². The molecule has 0 saturated carbocycles. The maximum Gasteiger partial charge on any atom is 0.182 e. The van der Waals surface area contributed by atoms with Crippen LogP contribution in [0.2, 0.25) is 0 Å². The summed E-state index contributed by atoms with van der Waals surface area (Å²) in [6.45, 7) is 15.2. The molecule has 1 aliphatic rings. The Morgan fingerprint density at radius 2 is 1.68 bits per heavy atom. The number of rotatable bonds is 7. The predicted octanol–water partition coefficient (Wildman–Crippen LogP) is 7.55. The molecule has 2 N–H and O–H groups in total. The van der Waals surface area contributed by atoms with Crippen LogP contribution in [0.3, 0.4) is 0 Å². The lowest BCUT2D eigenvalue weighted by atomic mass is 9.78. The van der Waals surface area contributed by atoms with Gasteiger partial charge in [0.1, 0.15) is 17.3 Å². The van der Waals surface area contributed by atoms with Gasteiger partial charge < -0.3 is 14.7 Å². The molecule has 0 aliphatic carbocycles. The van der Waals surface area contributed by atoms with Crippen molar-refractivity contribution in [3.05, 3.63) is 64.2 Å². The number of aromatic hydroxyl groups is 1. The third-order valence-electron chi connectivity index (χ3n) is 6.94. The van der Waals surface area contributed by atoms with E-state index >= 15 is 0 Å². The van der Waals surface area contributed by atoms with Crippen molar-refractivity contribution in [2.45, 2.75) is 72.1 Å². The van der Waals surface area contributed by atoms with E-state index in [-0.39, 0.29) is 51.8 Å². The second-order valence-electron chi connectivity index (χ2n) is 11.9. The number of ketones is 1. The molecule has 1 fully saturated rings. The second-order valence-corrected chi connectivity index (χ2v) is 11.9. The fraction of sp³-hybridized carbons (Fsp3) is 0.484. The number of hydrogen-bond acceptors (Lipinski definition) is 4. The zero-order chi connectivity index (χ0) is 26.8. The first-order chi connectivity index (χ1) is 16.8. The van der Waals surface area contributed by atoms with E-state index in [0.717, 1.165) is 40.9 Å². The number of ether oxygens (including phenoxy) is 1. The van der Waals surface area contributed by atoms with Crippen LogP contribution in [-0.4, -0.2) is 41.8 Å². The number of hydrogen-bond donors (Lipinski definition) is 2. The molecule has 2 aromatic rings. The first-order valence-electron chi connectivity index (χ1n) is 12.9. The maximum absolute atomic E-state index is 13.6. The topological polar surface area (TPSA) is 73.6 Å². The lowest BCUT2D eigenvalue weighted by Crippen LogP contribution is -2.31. The maximum atomic E-state index is 13.6. The van der Waals surface area contributed by atoms with Crippen molar-refractivity contribution in [1.29, 1.82) is 5.41 Å². The van der Waals surface area contributed by atoms with Crippen LogP contribution < -0.4 is 4.74 Å². The minimum absolute atomic E-state index is 0. The van der Waals surface area contributed by atoms with Crippen molar-refractivity contribution < 1.29 is 14.6 Å². The molecule has 37 heavy (non-hydrogen) atoms. The van der Waals surface area contributed by atoms with E-state index in [4.69, 9.17) is 10.1 Å². The first-order valence-corrected chi connectivity index (χ1v) is 12.9.